The zero-order valence-electron chi connectivity index (χ0n) is 13.3. The number of benzene rings is 1. The van der Waals surface area contributed by atoms with Crippen LogP contribution in [-0.2, 0) is 4.79 Å². The number of thioether (sulfide) groups is 1. The SMILES string of the molecule is CCC(C)Sc1nnc(NC(=O)/C=C/c2ccc3c(c2)OCO3)s1. The molecule has 126 valence electrons. The van der Waals surface area contributed by atoms with Gasteiger partial charge in [-0.25, -0.2) is 0 Å². The lowest BCUT2D eigenvalue weighted by molar-refractivity contribution is -0.111. The van der Waals surface area contributed by atoms with Crippen molar-refractivity contribution in [2.75, 3.05) is 12.1 Å². The lowest BCUT2D eigenvalue weighted by Gasteiger charge is -2.02. The number of rotatable bonds is 6. The molecule has 1 aromatic heterocycles. The van der Waals surface area contributed by atoms with Gasteiger partial charge in [-0.3, -0.25) is 10.1 Å². The summed E-state index contributed by atoms with van der Waals surface area (Å²) in [5.74, 6) is 1.16. The molecule has 0 spiro atoms. The fourth-order valence-electron chi connectivity index (χ4n) is 1.90. The molecule has 0 aliphatic carbocycles. The van der Waals surface area contributed by atoms with E-state index < -0.39 is 0 Å². The van der Waals surface area contributed by atoms with E-state index in [0.717, 1.165) is 22.1 Å². The second kappa shape index (κ2) is 7.67. The first-order chi connectivity index (χ1) is 11.6. The fraction of sp³-hybridized carbons (Fsp3) is 0.312. The highest BCUT2D eigenvalue weighted by atomic mass is 32.2. The lowest BCUT2D eigenvalue weighted by atomic mass is 10.2. The van der Waals surface area contributed by atoms with Crippen LogP contribution in [0.3, 0.4) is 0 Å². The van der Waals surface area contributed by atoms with Crippen molar-refractivity contribution in [3.05, 3.63) is 29.8 Å². The Morgan fingerprint density at radius 2 is 2.25 bits per heavy atom. The van der Waals surface area contributed by atoms with E-state index in [0.29, 0.717) is 16.1 Å². The third-order valence-corrected chi connectivity index (χ3v) is 5.53. The van der Waals surface area contributed by atoms with E-state index in [4.69, 9.17) is 9.47 Å². The van der Waals surface area contributed by atoms with E-state index in [1.807, 2.05) is 18.2 Å². The lowest BCUT2D eigenvalue weighted by Crippen LogP contribution is -2.07. The number of aromatic nitrogens is 2. The fourth-order valence-corrected chi connectivity index (χ4v) is 3.90. The van der Waals surface area contributed by atoms with Crippen molar-refractivity contribution in [3.8, 4) is 11.5 Å². The van der Waals surface area contributed by atoms with Crippen molar-refractivity contribution in [2.24, 2.45) is 0 Å². The van der Waals surface area contributed by atoms with E-state index in [2.05, 4.69) is 29.4 Å². The molecule has 0 bridgehead atoms. The molecule has 0 radical (unpaired) electrons. The first kappa shape index (κ1) is 16.8. The summed E-state index contributed by atoms with van der Waals surface area (Å²) in [4.78, 5) is 12.0. The van der Waals surface area contributed by atoms with Gasteiger partial charge in [-0.1, -0.05) is 43.0 Å². The number of anilines is 1. The topological polar surface area (TPSA) is 73.3 Å². The second-order valence-electron chi connectivity index (χ2n) is 5.15. The van der Waals surface area contributed by atoms with Gasteiger partial charge >= 0.3 is 0 Å². The van der Waals surface area contributed by atoms with Gasteiger partial charge in [-0.15, -0.1) is 10.2 Å². The number of fused-ring (bicyclic) bond motifs is 1. The summed E-state index contributed by atoms with van der Waals surface area (Å²) < 4.78 is 11.4. The molecule has 0 saturated carbocycles. The largest absolute Gasteiger partial charge is 0.454 e. The number of nitrogens with one attached hydrogen (secondary N) is 1. The molecule has 1 aromatic carbocycles. The number of nitrogens with zero attached hydrogens (tertiary/aromatic N) is 2. The number of ether oxygens (including phenoxy) is 2. The molecule has 0 fully saturated rings. The first-order valence-corrected chi connectivity index (χ1v) is 9.22. The van der Waals surface area contributed by atoms with Crippen molar-refractivity contribution in [3.63, 3.8) is 0 Å². The molecule has 1 unspecified atom stereocenters. The molecule has 2 aromatic rings. The molecule has 1 aliphatic heterocycles. The van der Waals surface area contributed by atoms with Crippen LogP contribution < -0.4 is 14.8 Å². The Labute approximate surface area is 148 Å². The van der Waals surface area contributed by atoms with Gasteiger partial charge in [-0.2, -0.15) is 0 Å². The highest BCUT2D eigenvalue weighted by molar-refractivity contribution is 8.01. The van der Waals surface area contributed by atoms with Gasteiger partial charge in [0, 0.05) is 11.3 Å². The van der Waals surface area contributed by atoms with Gasteiger partial charge in [0.2, 0.25) is 17.8 Å². The molecule has 1 atom stereocenters. The summed E-state index contributed by atoms with van der Waals surface area (Å²) in [6.07, 6.45) is 4.23. The van der Waals surface area contributed by atoms with Crippen molar-refractivity contribution >= 4 is 40.2 Å². The Morgan fingerprint density at radius 3 is 3.08 bits per heavy atom. The van der Waals surface area contributed by atoms with Crippen molar-refractivity contribution in [1.82, 2.24) is 10.2 Å². The number of hydrogen-bond donors (Lipinski definition) is 1. The summed E-state index contributed by atoms with van der Waals surface area (Å²) >= 11 is 3.04. The van der Waals surface area contributed by atoms with Gasteiger partial charge in [0.15, 0.2) is 15.8 Å². The molecule has 24 heavy (non-hydrogen) atoms. The van der Waals surface area contributed by atoms with Crippen LogP contribution in [-0.4, -0.2) is 28.1 Å². The standard InChI is InChI=1S/C16H17N3O3S2/c1-3-10(2)23-16-19-18-15(24-16)17-14(20)7-5-11-4-6-12-13(8-11)22-9-21-12/h4-8,10H,3,9H2,1-2H3,(H,17,18,20)/b7-5+. The minimum absolute atomic E-state index is 0.233. The van der Waals surface area contributed by atoms with E-state index in [1.54, 1.807) is 17.8 Å². The summed E-state index contributed by atoms with van der Waals surface area (Å²) in [5, 5.41) is 11.8. The van der Waals surface area contributed by atoms with Gasteiger partial charge in [0.05, 0.1) is 0 Å². The number of hydrogen-bond acceptors (Lipinski definition) is 7. The molecule has 8 heteroatoms. The van der Waals surface area contributed by atoms with Crippen molar-refractivity contribution in [1.29, 1.82) is 0 Å². The first-order valence-electron chi connectivity index (χ1n) is 7.53. The Hall–Kier alpha value is -2.06. The molecule has 1 amide bonds. The van der Waals surface area contributed by atoms with Gasteiger partial charge < -0.3 is 9.47 Å². The monoisotopic (exact) mass is 363 g/mol. The van der Waals surface area contributed by atoms with Crippen LogP contribution in [0.2, 0.25) is 0 Å². The smallest absolute Gasteiger partial charge is 0.250 e. The predicted octanol–water partition coefficient (Wildman–Crippen LogP) is 3.81. The summed E-state index contributed by atoms with van der Waals surface area (Å²) in [7, 11) is 0. The van der Waals surface area contributed by atoms with Crippen LogP contribution in [0, 0.1) is 0 Å². The molecule has 2 heterocycles. The highest BCUT2D eigenvalue weighted by Crippen LogP contribution is 2.33. The van der Waals surface area contributed by atoms with E-state index in [-0.39, 0.29) is 12.7 Å². The number of carbonyl (C=O) groups excluding carboxylic acids is 1. The third-order valence-electron chi connectivity index (χ3n) is 3.34. The predicted molar refractivity (Wildman–Crippen MR) is 95.7 cm³/mol. The highest BCUT2D eigenvalue weighted by Gasteiger charge is 2.13. The maximum absolute atomic E-state index is 12.0. The molecule has 1 aliphatic rings. The van der Waals surface area contributed by atoms with E-state index in [1.165, 1.54) is 17.4 Å². The zero-order valence-corrected chi connectivity index (χ0v) is 14.9. The number of amides is 1. The molecule has 6 nitrogen and oxygen atoms in total. The van der Waals surface area contributed by atoms with E-state index >= 15 is 0 Å². The van der Waals surface area contributed by atoms with E-state index in [9.17, 15) is 4.79 Å². The molecule has 0 saturated heterocycles. The molecule has 3 rings (SSSR count). The average molecular weight is 363 g/mol. The zero-order chi connectivity index (χ0) is 16.9. The normalized spacial score (nSPS) is 14.1. The molecular formula is C16H17N3O3S2. The van der Waals surface area contributed by atoms with Gasteiger partial charge in [0.25, 0.3) is 0 Å². The Balaban J connectivity index is 1.57. The third kappa shape index (κ3) is 4.27. The van der Waals surface area contributed by atoms with Crippen LogP contribution in [0.15, 0.2) is 28.6 Å². The minimum Gasteiger partial charge on any atom is -0.454 e. The van der Waals surface area contributed by atoms with Crippen LogP contribution >= 0.6 is 23.1 Å². The average Bonchev–Trinajstić information content (AvgIpc) is 3.21. The minimum atomic E-state index is -0.246. The van der Waals surface area contributed by atoms with Gasteiger partial charge in [0.1, 0.15) is 0 Å². The quantitative estimate of drug-likeness (QED) is 0.478. The second-order valence-corrected chi connectivity index (χ2v) is 7.81. The van der Waals surface area contributed by atoms with Crippen LogP contribution in [0.4, 0.5) is 5.13 Å². The Morgan fingerprint density at radius 1 is 1.42 bits per heavy atom. The van der Waals surface area contributed by atoms with Gasteiger partial charge in [-0.05, 0) is 30.2 Å². The Kier molecular flexibility index (Phi) is 5.37. The summed E-state index contributed by atoms with van der Waals surface area (Å²) in [6.45, 7) is 4.50. The number of carbonyl (C=O) groups is 1. The summed E-state index contributed by atoms with van der Waals surface area (Å²) in [6, 6.07) is 5.52. The molecular weight excluding hydrogens is 346 g/mol. The van der Waals surface area contributed by atoms with Crippen molar-refractivity contribution < 1.29 is 14.3 Å². The maximum Gasteiger partial charge on any atom is 0.250 e. The summed E-state index contributed by atoms with van der Waals surface area (Å²) in [5.41, 5.74) is 0.861. The van der Waals surface area contributed by atoms with Crippen LogP contribution in [0.1, 0.15) is 25.8 Å². The van der Waals surface area contributed by atoms with Crippen LogP contribution in [0.5, 0.6) is 11.5 Å². The Bertz CT molecular complexity index is 761. The molecule has 1 N–H and O–H groups in total. The van der Waals surface area contributed by atoms with Crippen LogP contribution in [0.25, 0.3) is 6.08 Å². The maximum atomic E-state index is 12.0. The van der Waals surface area contributed by atoms with Crippen molar-refractivity contribution in [2.45, 2.75) is 29.9 Å².